The molecule has 9 atom stereocenters. The topological polar surface area (TPSA) is 78.9 Å². The lowest BCUT2D eigenvalue weighted by Gasteiger charge is -2.33. The fourth-order valence-electron chi connectivity index (χ4n) is 6.09. The molecule has 4 fully saturated rings. The summed E-state index contributed by atoms with van der Waals surface area (Å²) < 4.78 is 16.7. The molecule has 0 spiro atoms. The zero-order chi connectivity index (χ0) is 18.0. The minimum Gasteiger partial charge on any atom is -0.436 e. The number of fused-ring (bicyclic) bond motifs is 9. The van der Waals surface area contributed by atoms with Crippen LogP contribution in [0.25, 0.3) is 0 Å². The molecule has 6 nitrogen and oxygen atoms in total. The van der Waals surface area contributed by atoms with Crippen LogP contribution in [0.15, 0.2) is 12.2 Å². The SMILES string of the molecule is CC(OC(=O)C1CC2C(=O)C1C1C3C=CC(C3=O)C21)OC1CCCCO1. The number of allylic oxidation sites excluding steroid dienone is 2. The summed E-state index contributed by atoms with van der Waals surface area (Å²) in [5, 5.41) is 0. The van der Waals surface area contributed by atoms with Crippen molar-refractivity contribution in [1.82, 2.24) is 0 Å². The minimum absolute atomic E-state index is 0.000739. The van der Waals surface area contributed by atoms with Crippen LogP contribution in [-0.2, 0) is 28.6 Å². The summed E-state index contributed by atoms with van der Waals surface area (Å²) in [5.74, 6) is -1.10. The number of hydrogen-bond donors (Lipinski definition) is 0. The van der Waals surface area contributed by atoms with E-state index in [0.29, 0.717) is 13.0 Å². The molecule has 9 unspecified atom stereocenters. The summed E-state index contributed by atoms with van der Waals surface area (Å²) in [6.07, 6.45) is 6.27. The quantitative estimate of drug-likeness (QED) is 0.330. The maximum absolute atomic E-state index is 12.7. The van der Waals surface area contributed by atoms with Crippen molar-refractivity contribution in [1.29, 1.82) is 0 Å². The van der Waals surface area contributed by atoms with Gasteiger partial charge in [-0.05, 0) is 44.4 Å². The number of hydrogen-bond acceptors (Lipinski definition) is 6. The van der Waals surface area contributed by atoms with Gasteiger partial charge in [0.1, 0.15) is 11.6 Å². The van der Waals surface area contributed by atoms with Gasteiger partial charge in [-0.15, -0.1) is 0 Å². The van der Waals surface area contributed by atoms with Gasteiger partial charge in [0.15, 0.2) is 6.29 Å². The summed E-state index contributed by atoms with van der Waals surface area (Å²) in [5.41, 5.74) is 0. The maximum Gasteiger partial charge on any atom is 0.311 e. The molecule has 140 valence electrons. The normalized spacial score (nSPS) is 46.7. The highest BCUT2D eigenvalue weighted by atomic mass is 16.8. The van der Waals surface area contributed by atoms with Crippen LogP contribution in [0.1, 0.15) is 32.6 Å². The molecular weight excluding hydrogens is 336 g/mol. The maximum atomic E-state index is 12.7. The van der Waals surface area contributed by atoms with Gasteiger partial charge in [0.05, 0.1) is 5.92 Å². The Labute approximate surface area is 152 Å². The van der Waals surface area contributed by atoms with Gasteiger partial charge < -0.3 is 14.2 Å². The van der Waals surface area contributed by atoms with E-state index in [1.165, 1.54) is 0 Å². The Hall–Kier alpha value is -1.53. The first-order valence-corrected chi connectivity index (χ1v) is 9.79. The van der Waals surface area contributed by atoms with Gasteiger partial charge in [-0.1, -0.05) is 12.2 Å². The Bertz CT molecular complexity index is 678. The minimum atomic E-state index is -0.697. The smallest absolute Gasteiger partial charge is 0.311 e. The number of ketones is 2. The van der Waals surface area contributed by atoms with Gasteiger partial charge >= 0.3 is 5.97 Å². The standard InChI is InChI=1S/C20H24O6/c1-9(25-14-4-2-3-7-24-14)26-20(23)13-8-12-15-10-5-6-11(18(10)21)16(15)17(13)19(12)22/h5-6,9-17H,2-4,7-8H2,1H3. The first-order chi connectivity index (χ1) is 12.6. The van der Waals surface area contributed by atoms with E-state index in [0.717, 1.165) is 19.3 Å². The molecule has 0 aromatic rings. The molecule has 1 aliphatic heterocycles. The van der Waals surface area contributed by atoms with E-state index < -0.39 is 12.2 Å². The van der Waals surface area contributed by atoms with E-state index in [1.54, 1.807) is 6.92 Å². The highest BCUT2D eigenvalue weighted by Gasteiger charge is 2.69. The monoisotopic (exact) mass is 360 g/mol. The fourth-order valence-corrected chi connectivity index (χ4v) is 6.09. The highest BCUT2D eigenvalue weighted by Crippen LogP contribution is 2.64. The molecule has 0 aromatic heterocycles. The van der Waals surface area contributed by atoms with Crippen molar-refractivity contribution in [3.8, 4) is 0 Å². The van der Waals surface area contributed by atoms with Gasteiger partial charge in [-0.2, -0.15) is 0 Å². The number of esters is 1. The van der Waals surface area contributed by atoms with E-state index in [-0.39, 0.29) is 59.3 Å². The summed E-state index contributed by atoms with van der Waals surface area (Å²) in [4.78, 5) is 37.8. The lowest BCUT2D eigenvalue weighted by atomic mass is 9.69. The number of carbonyl (C=O) groups excluding carboxylic acids is 3. The predicted octanol–water partition coefficient (Wildman–Crippen LogP) is 1.87. The van der Waals surface area contributed by atoms with Crippen molar-refractivity contribution >= 4 is 17.5 Å². The summed E-state index contributed by atoms with van der Waals surface area (Å²) in [6.45, 7) is 2.36. The van der Waals surface area contributed by atoms with Crippen molar-refractivity contribution in [3.05, 3.63) is 12.2 Å². The second-order valence-corrected chi connectivity index (χ2v) is 8.31. The van der Waals surface area contributed by atoms with Crippen LogP contribution in [0, 0.1) is 41.4 Å². The molecule has 1 saturated heterocycles. The number of ether oxygens (including phenoxy) is 3. The van der Waals surface area contributed by atoms with Crippen LogP contribution in [-0.4, -0.2) is 36.7 Å². The van der Waals surface area contributed by atoms with Crippen molar-refractivity contribution in [2.75, 3.05) is 6.61 Å². The van der Waals surface area contributed by atoms with Crippen molar-refractivity contribution in [3.63, 3.8) is 0 Å². The van der Waals surface area contributed by atoms with E-state index in [1.807, 2.05) is 12.2 Å². The zero-order valence-electron chi connectivity index (χ0n) is 14.8. The highest BCUT2D eigenvalue weighted by molar-refractivity contribution is 6.01. The number of Topliss-reactive ketones (excluding diaryl/α,β-unsaturated/α-hetero) is 2. The van der Waals surface area contributed by atoms with Crippen molar-refractivity contribution < 1.29 is 28.6 Å². The van der Waals surface area contributed by atoms with Crippen LogP contribution in [0.3, 0.4) is 0 Å². The van der Waals surface area contributed by atoms with Gasteiger partial charge in [-0.3, -0.25) is 14.4 Å². The lowest BCUT2D eigenvalue weighted by molar-refractivity contribution is -0.247. The van der Waals surface area contributed by atoms with E-state index in [9.17, 15) is 14.4 Å². The van der Waals surface area contributed by atoms with Gasteiger partial charge in [0.25, 0.3) is 0 Å². The van der Waals surface area contributed by atoms with Crippen LogP contribution < -0.4 is 0 Å². The van der Waals surface area contributed by atoms with Crippen molar-refractivity contribution in [2.24, 2.45) is 41.4 Å². The second-order valence-electron chi connectivity index (χ2n) is 8.31. The first-order valence-electron chi connectivity index (χ1n) is 9.79. The molecule has 4 bridgehead atoms. The van der Waals surface area contributed by atoms with E-state index >= 15 is 0 Å². The third kappa shape index (κ3) is 2.28. The average Bonchev–Trinajstić information content (AvgIpc) is 3.32. The molecule has 3 saturated carbocycles. The predicted molar refractivity (Wildman–Crippen MR) is 88.4 cm³/mol. The van der Waals surface area contributed by atoms with Crippen molar-refractivity contribution in [2.45, 2.75) is 45.2 Å². The molecule has 6 heteroatoms. The van der Waals surface area contributed by atoms with Crippen LogP contribution in [0.4, 0.5) is 0 Å². The Kier molecular flexibility index (Phi) is 3.83. The third-order valence-electron chi connectivity index (χ3n) is 7.04. The summed E-state index contributed by atoms with van der Waals surface area (Å²) >= 11 is 0. The van der Waals surface area contributed by atoms with Crippen LogP contribution >= 0.6 is 0 Å². The molecule has 0 radical (unpaired) electrons. The van der Waals surface area contributed by atoms with Crippen LogP contribution in [0.5, 0.6) is 0 Å². The number of carbonyl (C=O) groups is 3. The molecule has 4 aliphatic carbocycles. The molecule has 5 aliphatic rings. The van der Waals surface area contributed by atoms with Gasteiger partial charge in [0.2, 0.25) is 6.29 Å². The first kappa shape index (κ1) is 16.6. The molecule has 1 heterocycles. The van der Waals surface area contributed by atoms with Gasteiger partial charge in [0, 0.05) is 30.3 Å². The Balaban J connectivity index is 1.25. The van der Waals surface area contributed by atoms with Crippen LogP contribution in [0.2, 0.25) is 0 Å². The van der Waals surface area contributed by atoms with Gasteiger partial charge in [-0.25, -0.2) is 0 Å². The Morgan fingerprint density at radius 3 is 2.65 bits per heavy atom. The molecule has 26 heavy (non-hydrogen) atoms. The Morgan fingerprint density at radius 1 is 1.15 bits per heavy atom. The fraction of sp³-hybridized carbons (Fsp3) is 0.750. The average molecular weight is 360 g/mol. The number of rotatable bonds is 4. The zero-order valence-corrected chi connectivity index (χ0v) is 14.8. The lowest BCUT2D eigenvalue weighted by Crippen LogP contribution is -2.37. The molecule has 0 amide bonds. The summed E-state index contributed by atoms with van der Waals surface area (Å²) in [6, 6.07) is 0. The second kappa shape index (κ2) is 5.99. The van der Waals surface area contributed by atoms with E-state index in [2.05, 4.69) is 0 Å². The third-order valence-corrected chi connectivity index (χ3v) is 7.04. The molecule has 0 N–H and O–H groups in total. The molecule has 5 rings (SSSR count). The Morgan fingerprint density at radius 2 is 1.92 bits per heavy atom. The largest absolute Gasteiger partial charge is 0.436 e. The summed E-state index contributed by atoms with van der Waals surface area (Å²) in [7, 11) is 0. The molecular formula is C20H24O6. The molecule has 0 aromatic carbocycles. The van der Waals surface area contributed by atoms with E-state index in [4.69, 9.17) is 14.2 Å².